The zero-order valence-electron chi connectivity index (χ0n) is 7.96. The third kappa shape index (κ3) is 1.17. The fraction of sp³-hybridized carbons (Fsp3) is 0.500. The van der Waals surface area contributed by atoms with Crippen LogP contribution in [-0.4, -0.2) is 9.93 Å². The van der Waals surface area contributed by atoms with Crippen molar-refractivity contribution in [1.29, 1.82) is 0 Å². The molecular weight excluding hydrogens is 240 g/mol. The van der Waals surface area contributed by atoms with Gasteiger partial charge in [-0.1, -0.05) is 28.1 Å². The number of aryl methyl sites for hydroxylation is 2. The standard InChI is InChI=1S/C12H13BrO/c13-11-6-9-4-7-2-1-3-8(7)5-10(9)12(11)14/h4-5,11-12,14H,1-3,6H2. The summed E-state index contributed by atoms with van der Waals surface area (Å²) in [6.07, 6.45) is 4.39. The van der Waals surface area contributed by atoms with E-state index in [0.717, 1.165) is 12.0 Å². The van der Waals surface area contributed by atoms with Gasteiger partial charge in [-0.05, 0) is 47.9 Å². The predicted molar refractivity (Wildman–Crippen MR) is 59.8 cm³/mol. The summed E-state index contributed by atoms with van der Waals surface area (Å²) in [6, 6.07) is 4.53. The maximum Gasteiger partial charge on any atom is 0.0920 e. The Morgan fingerprint density at radius 1 is 1.14 bits per heavy atom. The van der Waals surface area contributed by atoms with Crippen LogP contribution in [0.1, 0.15) is 34.8 Å². The van der Waals surface area contributed by atoms with Crippen LogP contribution in [0.3, 0.4) is 0 Å². The summed E-state index contributed by atoms with van der Waals surface area (Å²) >= 11 is 3.52. The van der Waals surface area contributed by atoms with Crippen molar-refractivity contribution >= 4 is 15.9 Å². The smallest absolute Gasteiger partial charge is 0.0920 e. The lowest BCUT2D eigenvalue weighted by Gasteiger charge is -2.08. The molecule has 3 rings (SSSR count). The van der Waals surface area contributed by atoms with E-state index < -0.39 is 0 Å². The molecule has 0 aliphatic heterocycles. The predicted octanol–water partition coefficient (Wildman–Crippen LogP) is 2.53. The SMILES string of the molecule is OC1c2cc3c(cc2CC1Br)CCC3. The molecule has 0 radical (unpaired) electrons. The molecule has 1 aromatic rings. The van der Waals surface area contributed by atoms with Crippen molar-refractivity contribution < 1.29 is 5.11 Å². The monoisotopic (exact) mass is 252 g/mol. The Morgan fingerprint density at radius 2 is 1.86 bits per heavy atom. The first-order valence-corrected chi connectivity index (χ1v) is 6.14. The molecule has 0 amide bonds. The van der Waals surface area contributed by atoms with Gasteiger partial charge in [-0.15, -0.1) is 0 Å². The Bertz CT molecular complexity index is 386. The molecule has 1 nitrogen and oxygen atoms in total. The third-order valence-corrected chi connectivity index (χ3v) is 4.25. The largest absolute Gasteiger partial charge is 0.387 e. The molecule has 14 heavy (non-hydrogen) atoms. The summed E-state index contributed by atoms with van der Waals surface area (Å²) < 4.78 is 0. The van der Waals surface area contributed by atoms with E-state index in [9.17, 15) is 5.11 Å². The van der Waals surface area contributed by atoms with Gasteiger partial charge in [0.1, 0.15) is 0 Å². The van der Waals surface area contributed by atoms with Crippen LogP contribution in [0.15, 0.2) is 12.1 Å². The topological polar surface area (TPSA) is 20.2 Å². The van der Waals surface area contributed by atoms with Crippen LogP contribution in [0, 0.1) is 0 Å². The second-order valence-corrected chi connectivity index (χ2v) is 5.51. The van der Waals surface area contributed by atoms with E-state index in [2.05, 4.69) is 28.1 Å². The normalized spacial score (nSPS) is 29.0. The van der Waals surface area contributed by atoms with Crippen molar-refractivity contribution in [3.63, 3.8) is 0 Å². The molecule has 0 saturated carbocycles. The third-order valence-electron chi connectivity index (χ3n) is 3.43. The zero-order valence-corrected chi connectivity index (χ0v) is 9.55. The van der Waals surface area contributed by atoms with Crippen LogP contribution in [0.5, 0.6) is 0 Å². The average Bonchev–Trinajstić information content (AvgIpc) is 2.70. The summed E-state index contributed by atoms with van der Waals surface area (Å²) in [5.41, 5.74) is 5.48. The van der Waals surface area contributed by atoms with Crippen molar-refractivity contribution in [2.45, 2.75) is 36.6 Å². The van der Waals surface area contributed by atoms with Gasteiger partial charge in [-0.3, -0.25) is 0 Å². The van der Waals surface area contributed by atoms with Crippen LogP contribution in [0.2, 0.25) is 0 Å². The lowest BCUT2D eigenvalue weighted by atomic mass is 10.0. The minimum Gasteiger partial charge on any atom is -0.387 e. The fourth-order valence-electron chi connectivity index (χ4n) is 2.66. The van der Waals surface area contributed by atoms with Crippen molar-refractivity contribution in [1.82, 2.24) is 0 Å². The van der Waals surface area contributed by atoms with Crippen LogP contribution in [-0.2, 0) is 19.3 Å². The second-order valence-electron chi connectivity index (χ2n) is 4.34. The van der Waals surface area contributed by atoms with Gasteiger partial charge < -0.3 is 5.11 Å². The van der Waals surface area contributed by atoms with Gasteiger partial charge in [0.15, 0.2) is 0 Å². The van der Waals surface area contributed by atoms with E-state index in [1.165, 1.54) is 36.0 Å². The summed E-state index contributed by atoms with van der Waals surface area (Å²) in [5, 5.41) is 9.93. The molecule has 2 unspecified atom stereocenters. The number of rotatable bonds is 0. The lowest BCUT2D eigenvalue weighted by molar-refractivity contribution is 0.187. The molecule has 0 spiro atoms. The maximum atomic E-state index is 9.93. The van der Waals surface area contributed by atoms with Crippen LogP contribution >= 0.6 is 15.9 Å². The first-order valence-electron chi connectivity index (χ1n) is 5.22. The molecule has 1 aromatic carbocycles. The minimum atomic E-state index is -0.295. The Balaban J connectivity index is 2.13. The molecule has 2 atom stereocenters. The van der Waals surface area contributed by atoms with Gasteiger partial charge in [0.25, 0.3) is 0 Å². The molecule has 74 valence electrons. The molecule has 2 aliphatic rings. The van der Waals surface area contributed by atoms with Crippen LogP contribution in [0.25, 0.3) is 0 Å². The van der Waals surface area contributed by atoms with Gasteiger partial charge in [0.05, 0.1) is 6.10 Å². The van der Waals surface area contributed by atoms with E-state index in [-0.39, 0.29) is 10.9 Å². The number of halogens is 1. The second kappa shape index (κ2) is 3.07. The van der Waals surface area contributed by atoms with Crippen molar-refractivity contribution in [3.05, 3.63) is 34.4 Å². The highest BCUT2D eigenvalue weighted by atomic mass is 79.9. The number of fused-ring (bicyclic) bond motifs is 2. The first kappa shape index (κ1) is 8.93. The number of benzene rings is 1. The number of hydrogen-bond donors (Lipinski definition) is 1. The summed E-state index contributed by atoms with van der Waals surface area (Å²) in [4.78, 5) is 0.222. The van der Waals surface area contributed by atoms with E-state index in [1.54, 1.807) is 0 Å². The summed E-state index contributed by atoms with van der Waals surface area (Å²) in [5.74, 6) is 0. The first-order chi connectivity index (χ1) is 6.75. The molecule has 0 aromatic heterocycles. The van der Waals surface area contributed by atoms with Crippen molar-refractivity contribution in [2.24, 2.45) is 0 Å². The van der Waals surface area contributed by atoms with Gasteiger partial charge in [0.2, 0.25) is 0 Å². The Morgan fingerprint density at radius 3 is 2.64 bits per heavy atom. The van der Waals surface area contributed by atoms with Crippen LogP contribution in [0.4, 0.5) is 0 Å². The molecule has 2 aliphatic carbocycles. The summed E-state index contributed by atoms with van der Waals surface area (Å²) in [6.45, 7) is 0. The number of aliphatic hydroxyl groups excluding tert-OH is 1. The average molecular weight is 253 g/mol. The highest BCUT2D eigenvalue weighted by Crippen LogP contribution is 2.38. The minimum absolute atomic E-state index is 0.222. The highest BCUT2D eigenvalue weighted by Gasteiger charge is 2.30. The molecule has 0 heterocycles. The Hall–Kier alpha value is -0.340. The highest BCUT2D eigenvalue weighted by molar-refractivity contribution is 9.09. The quantitative estimate of drug-likeness (QED) is 0.704. The molecule has 0 bridgehead atoms. The lowest BCUT2D eigenvalue weighted by Crippen LogP contribution is -2.04. The van der Waals surface area contributed by atoms with E-state index >= 15 is 0 Å². The van der Waals surface area contributed by atoms with Gasteiger partial charge in [0, 0.05) is 4.83 Å². The maximum absolute atomic E-state index is 9.93. The van der Waals surface area contributed by atoms with Crippen LogP contribution < -0.4 is 0 Å². The molecule has 1 N–H and O–H groups in total. The molecule has 0 saturated heterocycles. The zero-order chi connectivity index (χ0) is 9.71. The van der Waals surface area contributed by atoms with E-state index in [1.807, 2.05) is 0 Å². The Labute approximate surface area is 92.3 Å². The van der Waals surface area contributed by atoms with E-state index in [0.29, 0.717) is 0 Å². The number of hydrogen-bond acceptors (Lipinski definition) is 1. The molecule has 0 fully saturated rings. The Kier molecular flexibility index (Phi) is 1.96. The van der Waals surface area contributed by atoms with Gasteiger partial charge in [-0.2, -0.15) is 0 Å². The van der Waals surface area contributed by atoms with Gasteiger partial charge >= 0.3 is 0 Å². The molecule has 2 heteroatoms. The summed E-state index contributed by atoms with van der Waals surface area (Å²) in [7, 11) is 0. The number of aliphatic hydroxyl groups is 1. The van der Waals surface area contributed by atoms with Crippen molar-refractivity contribution in [3.8, 4) is 0 Å². The number of alkyl halides is 1. The van der Waals surface area contributed by atoms with Gasteiger partial charge in [-0.25, -0.2) is 0 Å². The van der Waals surface area contributed by atoms with E-state index in [4.69, 9.17) is 0 Å². The van der Waals surface area contributed by atoms with Crippen molar-refractivity contribution in [2.75, 3.05) is 0 Å². The fourth-order valence-corrected chi connectivity index (χ4v) is 3.30. The molecular formula is C12H13BrO.